The Morgan fingerprint density at radius 1 is 1.38 bits per heavy atom. The fourth-order valence-electron chi connectivity index (χ4n) is 2.59. The highest BCUT2D eigenvalue weighted by atomic mass is 19.4. The molecule has 21 heavy (non-hydrogen) atoms. The van der Waals surface area contributed by atoms with Crippen molar-refractivity contribution in [2.45, 2.75) is 31.4 Å². The quantitative estimate of drug-likeness (QED) is 0.932. The van der Waals surface area contributed by atoms with Gasteiger partial charge in [-0.2, -0.15) is 13.2 Å². The van der Waals surface area contributed by atoms with E-state index in [2.05, 4.69) is 4.98 Å². The lowest BCUT2D eigenvalue weighted by Crippen LogP contribution is -2.45. The zero-order valence-electron chi connectivity index (χ0n) is 11.7. The Morgan fingerprint density at radius 3 is 2.43 bits per heavy atom. The number of halogens is 3. The number of alkyl halides is 3. The number of hydrogen-bond donors (Lipinski definition) is 1. The number of rotatable bonds is 3. The maximum absolute atomic E-state index is 12.4. The van der Waals surface area contributed by atoms with Gasteiger partial charge in [-0.05, 0) is 38.1 Å². The molecule has 0 atom stereocenters. The number of nitrogens with zero attached hydrogens (tertiary/aromatic N) is 2. The molecule has 1 saturated heterocycles. The van der Waals surface area contributed by atoms with E-state index in [1.54, 1.807) is 6.07 Å². The van der Waals surface area contributed by atoms with E-state index < -0.39 is 18.7 Å². The summed E-state index contributed by atoms with van der Waals surface area (Å²) in [7, 11) is 0. The molecule has 2 heterocycles. The van der Waals surface area contributed by atoms with Crippen molar-refractivity contribution < 1.29 is 23.1 Å². The van der Waals surface area contributed by atoms with Gasteiger partial charge in [-0.1, -0.05) is 6.92 Å². The third-order valence-electron chi connectivity index (χ3n) is 3.99. The first-order valence-corrected chi connectivity index (χ1v) is 6.69. The fraction of sp³-hybridized carbons (Fsp3) is 0.571. The van der Waals surface area contributed by atoms with Gasteiger partial charge in [-0.25, -0.2) is 4.79 Å². The monoisotopic (exact) mass is 302 g/mol. The molecular formula is C14H17F3N2O2. The molecule has 1 aliphatic heterocycles. The van der Waals surface area contributed by atoms with Gasteiger partial charge in [0.2, 0.25) is 0 Å². The second kappa shape index (κ2) is 5.63. The number of aromatic carboxylic acids is 1. The lowest BCUT2D eigenvalue weighted by atomic mass is 9.77. The Labute approximate surface area is 120 Å². The standard InChI is InChI=1S/C14H17F3N2O2/c1-13(11-3-2-10(8-18-11)12(20)21)4-6-19(7-5-13)9-14(15,16)17/h2-3,8H,4-7,9H2,1H3,(H,20,21). The molecule has 7 heteroatoms. The number of hydrogen-bond acceptors (Lipinski definition) is 3. The van der Waals surface area contributed by atoms with Crippen LogP contribution in [0.5, 0.6) is 0 Å². The predicted octanol–water partition coefficient (Wildman–Crippen LogP) is 2.70. The largest absolute Gasteiger partial charge is 0.478 e. The van der Waals surface area contributed by atoms with Crippen LogP contribution >= 0.6 is 0 Å². The Bertz CT molecular complexity index is 506. The van der Waals surface area contributed by atoms with Crippen LogP contribution in [0, 0.1) is 0 Å². The number of likely N-dealkylation sites (tertiary alicyclic amines) is 1. The summed E-state index contributed by atoms with van der Waals surface area (Å²) in [6, 6.07) is 3.14. The topological polar surface area (TPSA) is 53.4 Å². The van der Waals surface area contributed by atoms with E-state index in [-0.39, 0.29) is 11.0 Å². The zero-order chi connectivity index (χ0) is 15.7. The van der Waals surface area contributed by atoms with Crippen LogP contribution in [0.4, 0.5) is 13.2 Å². The molecule has 0 aliphatic carbocycles. The molecule has 0 amide bonds. The van der Waals surface area contributed by atoms with Crippen LogP contribution in [-0.4, -0.2) is 46.8 Å². The normalized spacial score (nSPS) is 19.4. The van der Waals surface area contributed by atoms with Crippen LogP contribution in [0.1, 0.15) is 35.8 Å². The first-order valence-electron chi connectivity index (χ1n) is 6.69. The summed E-state index contributed by atoms with van der Waals surface area (Å²) in [5, 5.41) is 8.84. The Morgan fingerprint density at radius 2 is 2.00 bits per heavy atom. The molecular weight excluding hydrogens is 285 g/mol. The lowest BCUT2D eigenvalue weighted by Gasteiger charge is -2.39. The van der Waals surface area contributed by atoms with E-state index in [9.17, 15) is 18.0 Å². The molecule has 1 aliphatic rings. The molecule has 116 valence electrons. The van der Waals surface area contributed by atoms with E-state index in [4.69, 9.17) is 5.11 Å². The summed E-state index contributed by atoms with van der Waals surface area (Å²) < 4.78 is 37.1. The van der Waals surface area contributed by atoms with Gasteiger partial charge in [0.1, 0.15) is 0 Å². The van der Waals surface area contributed by atoms with Gasteiger partial charge in [0, 0.05) is 17.3 Å². The highest BCUT2D eigenvalue weighted by molar-refractivity contribution is 5.87. The minimum Gasteiger partial charge on any atom is -0.478 e. The Hall–Kier alpha value is -1.63. The molecule has 4 nitrogen and oxygen atoms in total. The van der Waals surface area contributed by atoms with E-state index in [1.165, 1.54) is 17.2 Å². The van der Waals surface area contributed by atoms with Crippen molar-refractivity contribution in [1.29, 1.82) is 0 Å². The maximum Gasteiger partial charge on any atom is 0.401 e. The minimum absolute atomic E-state index is 0.108. The molecule has 0 unspecified atom stereocenters. The summed E-state index contributed by atoms with van der Waals surface area (Å²) >= 11 is 0. The highest BCUT2D eigenvalue weighted by Gasteiger charge is 2.37. The third-order valence-corrected chi connectivity index (χ3v) is 3.99. The van der Waals surface area contributed by atoms with Crippen molar-refractivity contribution in [3.05, 3.63) is 29.6 Å². The van der Waals surface area contributed by atoms with Gasteiger partial charge >= 0.3 is 12.1 Å². The molecule has 1 aromatic rings. The smallest absolute Gasteiger partial charge is 0.401 e. The van der Waals surface area contributed by atoms with Crippen LogP contribution < -0.4 is 0 Å². The molecule has 1 aromatic heterocycles. The van der Waals surface area contributed by atoms with Crippen molar-refractivity contribution in [1.82, 2.24) is 9.88 Å². The second-order valence-corrected chi connectivity index (χ2v) is 5.69. The maximum atomic E-state index is 12.4. The summed E-state index contributed by atoms with van der Waals surface area (Å²) in [4.78, 5) is 16.4. The van der Waals surface area contributed by atoms with Gasteiger partial charge in [0.15, 0.2) is 0 Å². The fourth-order valence-corrected chi connectivity index (χ4v) is 2.59. The van der Waals surface area contributed by atoms with Crippen molar-refractivity contribution in [2.24, 2.45) is 0 Å². The van der Waals surface area contributed by atoms with E-state index in [1.807, 2.05) is 6.92 Å². The number of pyridine rings is 1. The van der Waals surface area contributed by atoms with Gasteiger partial charge in [0.05, 0.1) is 12.1 Å². The highest BCUT2D eigenvalue weighted by Crippen LogP contribution is 2.34. The minimum atomic E-state index is -4.17. The summed E-state index contributed by atoms with van der Waals surface area (Å²) in [5.74, 6) is -1.04. The first-order chi connectivity index (χ1) is 9.70. The SMILES string of the molecule is CC1(c2ccc(C(=O)O)cn2)CCN(CC(F)(F)F)CC1. The van der Waals surface area contributed by atoms with Crippen LogP contribution in [0.25, 0.3) is 0 Å². The van der Waals surface area contributed by atoms with Crippen LogP contribution in [0.15, 0.2) is 18.3 Å². The van der Waals surface area contributed by atoms with Crippen LogP contribution in [-0.2, 0) is 5.41 Å². The van der Waals surface area contributed by atoms with Gasteiger partial charge < -0.3 is 5.11 Å². The third kappa shape index (κ3) is 3.93. The van der Waals surface area contributed by atoms with E-state index in [0.717, 1.165) is 5.69 Å². The van der Waals surface area contributed by atoms with Gasteiger partial charge in [0.25, 0.3) is 0 Å². The molecule has 0 bridgehead atoms. The summed E-state index contributed by atoms with van der Waals surface area (Å²) in [5.41, 5.74) is 0.537. The predicted molar refractivity (Wildman–Crippen MR) is 70.3 cm³/mol. The molecule has 0 saturated carbocycles. The van der Waals surface area contributed by atoms with E-state index in [0.29, 0.717) is 25.9 Å². The molecule has 1 N–H and O–H groups in total. The van der Waals surface area contributed by atoms with Crippen LogP contribution in [0.2, 0.25) is 0 Å². The first kappa shape index (κ1) is 15.8. The van der Waals surface area contributed by atoms with Crippen molar-refractivity contribution >= 4 is 5.97 Å². The summed E-state index contributed by atoms with van der Waals surface area (Å²) in [6.07, 6.45) is -1.73. The number of carboxylic acid groups (broad SMARTS) is 1. The molecule has 1 fully saturated rings. The molecule has 0 spiro atoms. The Balaban J connectivity index is 2.03. The van der Waals surface area contributed by atoms with Crippen molar-refractivity contribution in [3.8, 4) is 0 Å². The molecule has 0 radical (unpaired) electrons. The number of piperidine rings is 1. The van der Waals surface area contributed by atoms with E-state index >= 15 is 0 Å². The van der Waals surface area contributed by atoms with Crippen LogP contribution in [0.3, 0.4) is 0 Å². The average molecular weight is 302 g/mol. The van der Waals surface area contributed by atoms with Crippen molar-refractivity contribution in [3.63, 3.8) is 0 Å². The number of carbonyl (C=O) groups is 1. The Kier molecular flexibility index (Phi) is 4.22. The zero-order valence-corrected chi connectivity index (χ0v) is 11.7. The van der Waals surface area contributed by atoms with Gasteiger partial charge in [-0.15, -0.1) is 0 Å². The summed E-state index contributed by atoms with van der Waals surface area (Å²) in [6.45, 7) is 1.80. The van der Waals surface area contributed by atoms with Crippen molar-refractivity contribution in [2.75, 3.05) is 19.6 Å². The molecule has 2 rings (SSSR count). The number of carboxylic acids is 1. The average Bonchev–Trinajstić information content (AvgIpc) is 2.40. The van der Waals surface area contributed by atoms with Gasteiger partial charge in [-0.3, -0.25) is 9.88 Å². The molecule has 0 aromatic carbocycles. The number of aromatic nitrogens is 1. The lowest BCUT2D eigenvalue weighted by molar-refractivity contribution is -0.149. The second-order valence-electron chi connectivity index (χ2n) is 5.69.